The molecule has 0 saturated carbocycles. The highest BCUT2D eigenvalue weighted by molar-refractivity contribution is 7.19. The average Bonchev–Trinajstić information content (AvgIpc) is 3.05. The Morgan fingerprint density at radius 2 is 1.81 bits per heavy atom. The molecular formula is C21H21N3O2S. The van der Waals surface area contributed by atoms with E-state index in [-0.39, 0.29) is 18.4 Å². The number of rotatable bonds is 5. The van der Waals surface area contributed by atoms with E-state index in [0.717, 1.165) is 32.0 Å². The molecule has 27 heavy (non-hydrogen) atoms. The van der Waals surface area contributed by atoms with Crippen LogP contribution in [-0.4, -0.2) is 35.3 Å². The fourth-order valence-electron chi connectivity index (χ4n) is 2.72. The molecule has 0 aliphatic rings. The van der Waals surface area contributed by atoms with Gasteiger partial charge in [0.15, 0.2) is 0 Å². The molecule has 138 valence electrons. The molecule has 3 rings (SSSR count). The Morgan fingerprint density at radius 3 is 2.52 bits per heavy atom. The summed E-state index contributed by atoms with van der Waals surface area (Å²) in [5, 5.41) is 3.65. The van der Waals surface area contributed by atoms with E-state index in [1.165, 1.54) is 22.3 Å². The molecule has 0 fully saturated rings. The number of thiazole rings is 1. The number of likely N-dealkylation sites (N-methyl/N-ethyl adjacent to an activating group) is 1. The number of nitrogens with zero attached hydrogens (tertiary/aromatic N) is 2. The maximum absolute atomic E-state index is 12.3. The van der Waals surface area contributed by atoms with Crippen molar-refractivity contribution >= 4 is 45.1 Å². The summed E-state index contributed by atoms with van der Waals surface area (Å²) in [6.45, 7) is 3.87. The molecule has 2 amide bonds. The zero-order valence-corrected chi connectivity index (χ0v) is 16.3. The standard InChI is InChI=1S/C21H21N3O2S/c1-14-7-6-8-15(2)21(14)23-18(25)13-24(3)20(26)12-11-19-22-16-9-4-5-10-17(16)27-19/h4-12H,13H2,1-3H3,(H,23,25)/b12-11+. The molecule has 0 bridgehead atoms. The lowest BCUT2D eigenvalue weighted by molar-refractivity contribution is -0.129. The Bertz CT molecular complexity index is 970. The van der Waals surface area contributed by atoms with Crippen molar-refractivity contribution in [2.24, 2.45) is 0 Å². The van der Waals surface area contributed by atoms with Crippen LogP contribution in [0.1, 0.15) is 16.1 Å². The number of fused-ring (bicyclic) bond motifs is 1. The third-order valence-corrected chi connectivity index (χ3v) is 5.18. The highest BCUT2D eigenvalue weighted by atomic mass is 32.1. The number of benzene rings is 2. The summed E-state index contributed by atoms with van der Waals surface area (Å²) in [5.41, 5.74) is 3.70. The van der Waals surface area contributed by atoms with Gasteiger partial charge in [0, 0.05) is 18.8 Å². The van der Waals surface area contributed by atoms with Crippen molar-refractivity contribution in [3.8, 4) is 0 Å². The molecule has 2 aromatic carbocycles. The van der Waals surface area contributed by atoms with Gasteiger partial charge in [-0.1, -0.05) is 30.3 Å². The first-order chi connectivity index (χ1) is 12.9. The van der Waals surface area contributed by atoms with Crippen LogP contribution in [0.15, 0.2) is 48.5 Å². The van der Waals surface area contributed by atoms with Crippen LogP contribution in [0.2, 0.25) is 0 Å². The summed E-state index contributed by atoms with van der Waals surface area (Å²) in [4.78, 5) is 30.4. The van der Waals surface area contributed by atoms with E-state index in [9.17, 15) is 9.59 Å². The topological polar surface area (TPSA) is 62.3 Å². The molecule has 0 aliphatic carbocycles. The van der Waals surface area contributed by atoms with Crippen molar-refractivity contribution < 1.29 is 9.59 Å². The van der Waals surface area contributed by atoms with Gasteiger partial charge in [0.2, 0.25) is 11.8 Å². The third kappa shape index (κ3) is 4.60. The number of anilines is 1. The van der Waals surface area contributed by atoms with Gasteiger partial charge in [-0.25, -0.2) is 4.98 Å². The lowest BCUT2D eigenvalue weighted by Gasteiger charge is -2.16. The zero-order valence-electron chi connectivity index (χ0n) is 15.5. The molecule has 0 atom stereocenters. The van der Waals surface area contributed by atoms with Crippen molar-refractivity contribution in [3.05, 3.63) is 64.7 Å². The first kappa shape index (κ1) is 18.8. The number of hydrogen-bond donors (Lipinski definition) is 1. The van der Waals surface area contributed by atoms with Gasteiger partial charge in [-0.2, -0.15) is 0 Å². The number of amides is 2. The highest BCUT2D eigenvalue weighted by Gasteiger charge is 2.13. The van der Waals surface area contributed by atoms with Gasteiger partial charge in [0.25, 0.3) is 0 Å². The molecular weight excluding hydrogens is 358 g/mol. The molecule has 1 N–H and O–H groups in total. The van der Waals surface area contributed by atoms with E-state index in [2.05, 4.69) is 10.3 Å². The average molecular weight is 379 g/mol. The van der Waals surface area contributed by atoms with Crippen LogP contribution in [0.25, 0.3) is 16.3 Å². The van der Waals surface area contributed by atoms with E-state index in [1.54, 1.807) is 13.1 Å². The van der Waals surface area contributed by atoms with Crippen molar-refractivity contribution in [2.75, 3.05) is 18.9 Å². The summed E-state index contributed by atoms with van der Waals surface area (Å²) in [6.07, 6.45) is 3.14. The minimum Gasteiger partial charge on any atom is -0.333 e. The Balaban J connectivity index is 1.60. The van der Waals surface area contributed by atoms with E-state index in [0.29, 0.717) is 0 Å². The first-order valence-electron chi connectivity index (χ1n) is 8.59. The van der Waals surface area contributed by atoms with Crippen LogP contribution in [0.4, 0.5) is 5.69 Å². The zero-order chi connectivity index (χ0) is 19.4. The maximum atomic E-state index is 12.3. The van der Waals surface area contributed by atoms with Crippen LogP contribution in [0.5, 0.6) is 0 Å². The largest absolute Gasteiger partial charge is 0.333 e. The molecule has 0 spiro atoms. The molecule has 5 nitrogen and oxygen atoms in total. The van der Waals surface area contributed by atoms with Crippen LogP contribution >= 0.6 is 11.3 Å². The molecule has 3 aromatic rings. The van der Waals surface area contributed by atoms with Gasteiger partial charge in [-0.3, -0.25) is 9.59 Å². The van der Waals surface area contributed by atoms with Gasteiger partial charge >= 0.3 is 0 Å². The van der Waals surface area contributed by atoms with Crippen molar-refractivity contribution in [3.63, 3.8) is 0 Å². The van der Waals surface area contributed by atoms with Crippen molar-refractivity contribution in [2.45, 2.75) is 13.8 Å². The van der Waals surface area contributed by atoms with E-state index >= 15 is 0 Å². The second-order valence-electron chi connectivity index (χ2n) is 6.36. The van der Waals surface area contributed by atoms with Crippen LogP contribution < -0.4 is 5.32 Å². The van der Waals surface area contributed by atoms with Gasteiger partial charge in [0.05, 0.1) is 16.8 Å². The minimum absolute atomic E-state index is 0.0171. The molecule has 0 radical (unpaired) electrons. The third-order valence-electron chi connectivity index (χ3n) is 4.18. The van der Waals surface area contributed by atoms with E-state index in [4.69, 9.17) is 0 Å². The molecule has 1 heterocycles. The van der Waals surface area contributed by atoms with E-state index in [1.807, 2.05) is 56.3 Å². The molecule has 6 heteroatoms. The molecule has 1 aromatic heterocycles. The number of carbonyl (C=O) groups excluding carboxylic acids is 2. The summed E-state index contributed by atoms with van der Waals surface area (Å²) in [5.74, 6) is -0.470. The predicted octanol–water partition coefficient (Wildman–Crippen LogP) is 4.02. The number of carbonyl (C=O) groups is 2. The number of para-hydroxylation sites is 2. The van der Waals surface area contributed by atoms with Crippen molar-refractivity contribution in [1.82, 2.24) is 9.88 Å². The highest BCUT2D eigenvalue weighted by Crippen LogP contribution is 2.22. The summed E-state index contributed by atoms with van der Waals surface area (Å²) in [7, 11) is 1.61. The van der Waals surface area contributed by atoms with Crippen LogP contribution in [-0.2, 0) is 9.59 Å². The Morgan fingerprint density at radius 1 is 1.11 bits per heavy atom. The molecule has 0 unspecified atom stereocenters. The fourth-order valence-corrected chi connectivity index (χ4v) is 3.59. The molecule has 0 saturated heterocycles. The quantitative estimate of drug-likeness (QED) is 0.681. The Hall–Kier alpha value is -2.99. The van der Waals surface area contributed by atoms with E-state index < -0.39 is 0 Å². The lowest BCUT2D eigenvalue weighted by Crippen LogP contribution is -2.34. The van der Waals surface area contributed by atoms with Gasteiger partial charge in [0.1, 0.15) is 5.01 Å². The second kappa shape index (κ2) is 8.14. The number of hydrogen-bond acceptors (Lipinski definition) is 4. The summed E-state index contributed by atoms with van der Waals surface area (Å²) >= 11 is 1.52. The summed E-state index contributed by atoms with van der Waals surface area (Å²) in [6, 6.07) is 13.7. The predicted molar refractivity (Wildman–Crippen MR) is 111 cm³/mol. The fraction of sp³-hybridized carbons (Fsp3) is 0.190. The van der Waals surface area contributed by atoms with Crippen molar-refractivity contribution in [1.29, 1.82) is 0 Å². The minimum atomic E-state index is -0.245. The SMILES string of the molecule is Cc1cccc(C)c1NC(=O)CN(C)C(=O)/C=C/c1nc2ccccc2s1. The monoisotopic (exact) mass is 379 g/mol. The van der Waals surface area contributed by atoms with Crippen LogP contribution in [0, 0.1) is 13.8 Å². The maximum Gasteiger partial charge on any atom is 0.246 e. The van der Waals surface area contributed by atoms with Crippen LogP contribution in [0.3, 0.4) is 0 Å². The smallest absolute Gasteiger partial charge is 0.246 e. The molecule has 0 aliphatic heterocycles. The number of aryl methyl sites for hydroxylation is 2. The van der Waals surface area contributed by atoms with Gasteiger partial charge in [-0.05, 0) is 43.2 Å². The number of nitrogens with one attached hydrogen (secondary N) is 1. The normalized spacial score (nSPS) is 11.1. The lowest BCUT2D eigenvalue weighted by atomic mass is 10.1. The first-order valence-corrected chi connectivity index (χ1v) is 9.40. The van der Waals surface area contributed by atoms with Gasteiger partial charge < -0.3 is 10.2 Å². The number of aromatic nitrogens is 1. The Labute approximate surface area is 162 Å². The summed E-state index contributed by atoms with van der Waals surface area (Å²) < 4.78 is 1.07. The Kier molecular flexibility index (Phi) is 5.66. The second-order valence-corrected chi connectivity index (χ2v) is 7.42. The van der Waals surface area contributed by atoms with Gasteiger partial charge in [-0.15, -0.1) is 11.3 Å².